The van der Waals surface area contributed by atoms with Gasteiger partial charge in [-0.05, 0) is 72.6 Å². The van der Waals surface area contributed by atoms with Gasteiger partial charge in [0.1, 0.15) is 23.4 Å². The molecular weight excluding hydrogens is 686 g/mol. The molecule has 6 rings (SSSR count). The molecule has 0 saturated carbocycles. The number of aryl methyl sites for hydroxylation is 1. The van der Waals surface area contributed by atoms with Gasteiger partial charge in [-0.15, -0.1) is 0 Å². The highest BCUT2D eigenvalue weighted by atomic mass is 16.7. The highest BCUT2D eigenvalue weighted by molar-refractivity contribution is 5.85. The Morgan fingerprint density at radius 1 is 1.06 bits per heavy atom. The van der Waals surface area contributed by atoms with E-state index >= 15 is 0 Å². The number of benzene rings is 2. The van der Waals surface area contributed by atoms with Crippen molar-refractivity contribution in [2.45, 2.75) is 103 Å². The predicted octanol–water partition coefficient (Wildman–Crippen LogP) is 3.75. The summed E-state index contributed by atoms with van der Waals surface area (Å²) in [5.74, 6) is 1.48. The first kappa shape index (κ1) is 38.0. The van der Waals surface area contributed by atoms with Gasteiger partial charge >= 0.3 is 12.1 Å². The summed E-state index contributed by atoms with van der Waals surface area (Å²) in [5.41, 5.74) is 4.12. The van der Waals surface area contributed by atoms with E-state index in [-0.39, 0.29) is 32.2 Å². The van der Waals surface area contributed by atoms with E-state index in [1.807, 2.05) is 20.9 Å². The Morgan fingerprint density at radius 3 is 2.42 bits per heavy atom. The summed E-state index contributed by atoms with van der Waals surface area (Å²) in [6, 6.07) is 1.53. The monoisotopic (exact) mass is 735 g/mol. The van der Waals surface area contributed by atoms with Crippen LogP contribution in [0.3, 0.4) is 0 Å². The number of fused-ring (bicyclic) bond motifs is 9. The van der Waals surface area contributed by atoms with E-state index in [2.05, 4.69) is 32.6 Å². The van der Waals surface area contributed by atoms with Crippen molar-refractivity contribution < 1.29 is 47.5 Å². The molecular formula is C38H49N5O10. The molecule has 4 heterocycles. The molecule has 0 aromatic heterocycles. The summed E-state index contributed by atoms with van der Waals surface area (Å²) in [6.45, 7) is 11.9. The minimum absolute atomic E-state index is 0.00636. The van der Waals surface area contributed by atoms with Crippen LogP contribution in [0.15, 0.2) is 6.07 Å². The van der Waals surface area contributed by atoms with Gasteiger partial charge < -0.3 is 43.8 Å². The van der Waals surface area contributed by atoms with E-state index < -0.39 is 47.7 Å². The average Bonchev–Trinajstić information content (AvgIpc) is 3.57. The molecule has 0 radical (unpaired) electrons. The number of esters is 1. The van der Waals surface area contributed by atoms with Crippen molar-refractivity contribution in [3.8, 4) is 34.8 Å². The maximum Gasteiger partial charge on any atom is 0.408 e. The van der Waals surface area contributed by atoms with Crippen molar-refractivity contribution in [1.82, 2.24) is 20.4 Å². The van der Waals surface area contributed by atoms with Crippen LogP contribution in [-0.2, 0) is 31.9 Å². The Kier molecular flexibility index (Phi) is 10.4. The average molecular weight is 736 g/mol. The fourth-order valence-corrected chi connectivity index (χ4v) is 8.45. The van der Waals surface area contributed by atoms with Crippen molar-refractivity contribution in [2.75, 3.05) is 41.4 Å². The van der Waals surface area contributed by atoms with Gasteiger partial charge in [-0.2, -0.15) is 5.26 Å². The summed E-state index contributed by atoms with van der Waals surface area (Å²) in [4.78, 5) is 43.2. The van der Waals surface area contributed by atoms with Crippen molar-refractivity contribution in [2.24, 2.45) is 0 Å². The lowest BCUT2D eigenvalue weighted by Gasteiger charge is -2.60. The topological polar surface area (TPSA) is 170 Å². The third-order valence-corrected chi connectivity index (χ3v) is 10.4. The van der Waals surface area contributed by atoms with Gasteiger partial charge in [-0.25, -0.2) is 4.79 Å². The Balaban J connectivity index is 1.51. The maximum absolute atomic E-state index is 13.6. The zero-order valence-corrected chi connectivity index (χ0v) is 32.0. The molecule has 0 aliphatic carbocycles. The Hall–Kier alpha value is -4.78. The lowest BCUT2D eigenvalue weighted by Crippen LogP contribution is -2.69. The summed E-state index contributed by atoms with van der Waals surface area (Å²) in [6.07, 6.45) is 0.182. The molecule has 286 valence electrons. The number of carbonyl (C=O) groups is 3. The first-order valence-corrected chi connectivity index (χ1v) is 17.7. The van der Waals surface area contributed by atoms with E-state index in [0.717, 1.165) is 22.3 Å². The summed E-state index contributed by atoms with van der Waals surface area (Å²) in [7, 11) is 5.18. The number of carbonyl (C=O) groups excluding carboxylic acids is 3. The van der Waals surface area contributed by atoms with Crippen LogP contribution < -0.4 is 34.3 Å². The number of ether oxygens (including phenoxy) is 7. The first-order chi connectivity index (χ1) is 25.1. The number of likely N-dealkylation sites (N-methyl/N-ethyl adjacent to an activating group) is 1. The van der Waals surface area contributed by atoms with Gasteiger partial charge in [0.2, 0.25) is 12.7 Å². The molecule has 2 bridgehead atoms. The second kappa shape index (κ2) is 14.6. The Bertz CT molecular complexity index is 1850. The highest BCUT2D eigenvalue weighted by Crippen LogP contribution is 2.58. The van der Waals surface area contributed by atoms with Gasteiger partial charge in [0.15, 0.2) is 29.8 Å². The first-order valence-electron chi connectivity index (χ1n) is 17.7. The van der Waals surface area contributed by atoms with Crippen LogP contribution in [0, 0.1) is 25.2 Å². The normalized spacial score (nSPS) is 23.4. The Morgan fingerprint density at radius 2 is 1.77 bits per heavy atom. The van der Waals surface area contributed by atoms with E-state index in [1.165, 1.54) is 6.92 Å². The molecule has 2 aromatic rings. The molecule has 4 aliphatic rings. The molecule has 6 atom stereocenters. The maximum atomic E-state index is 13.6. The number of nitrogens with zero attached hydrogens (tertiary/aromatic N) is 3. The molecule has 2 aromatic carbocycles. The van der Waals surface area contributed by atoms with E-state index in [9.17, 15) is 19.6 Å². The number of methoxy groups -OCH3 is 2. The summed E-state index contributed by atoms with van der Waals surface area (Å²) < 4.78 is 40.9. The van der Waals surface area contributed by atoms with Gasteiger partial charge in [0.25, 0.3) is 0 Å². The van der Waals surface area contributed by atoms with Crippen molar-refractivity contribution in [3.05, 3.63) is 39.4 Å². The predicted molar refractivity (Wildman–Crippen MR) is 190 cm³/mol. The quantitative estimate of drug-likeness (QED) is 0.217. The lowest BCUT2D eigenvalue weighted by atomic mass is 9.71. The number of hydrogen-bond acceptors (Lipinski definition) is 13. The van der Waals surface area contributed by atoms with Crippen LogP contribution in [0.4, 0.5) is 4.79 Å². The third kappa shape index (κ3) is 6.79. The summed E-state index contributed by atoms with van der Waals surface area (Å²) >= 11 is 0. The van der Waals surface area contributed by atoms with Crippen LogP contribution >= 0.6 is 0 Å². The van der Waals surface area contributed by atoms with Crippen molar-refractivity contribution in [1.29, 1.82) is 5.26 Å². The van der Waals surface area contributed by atoms with Crippen molar-refractivity contribution in [3.63, 3.8) is 0 Å². The van der Waals surface area contributed by atoms with E-state index in [0.29, 0.717) is 52.7 Å². The SMILES string of the molecule is COCOc1c(OC)c(C)cc2c1C1C3Cc4c(OC(C)=O)c(C)c5c(c4[C@H](CNC(=O)[C@H](C)NC(=O)OC(C)(C)C)N3[C@@H](C#N)C(C2)N1C)OCO5. The second-order valence-electron chi connectivity index (χ2n) is 15.0. The number of nitriles is 1. The number of alkyl carbamates (subject to hydrolysis) is 1. The van der Waals surface area contributed by atoms with Crippen LogP contribution in [0.25, 0.3) is 0 Å². The number of hydrogen-bond donors (Lipinski definition) is 2. The van der Waals surface area contributed by atoms with Crippen LogP contribution in [0.5, 0.6) is 28.7 Å². The number of nitrogens with one attached hydrogen (secondary N) is 2. The van der Waals surface area contributed by atoms with Crippen LogP contribution in [0.2, 0.25) is 0 Å². The number of rotatable bonds is 9. The minimum Gasteiger partial charge on any atom is -0.493 e. The van der Waals surface area contributed by atoms with E-state index in [4.69, 9.17) is 33.2 Å². The fraction of sp³-hybridized carbons (Fsp3) is 0.579. The summed E-state index contributed by atoms with van der Waals surface area (Å²) in [5, 5.41) is 16.6. The highest BCUT2D eigenvalue weighted by Gasteiger charge is 2.57. The number of piperazine rings is 1. The van der Waals surface area contributed by atoms with Crippen molar-refractivity contribution >= 4 is 18.0 Å². The van der Waals surface area contributed by atoms with Gasteiger partial charge in [0, 0.05) is 54.9 Å². The standard InChI is InChI=1S/C38H49N5O10/c1-18-11-22-12-24-26(14-39)43-25(30(42(24)8)28(22)34(31(18)48-10)49-16-47-9)13-23-29(35-33(50-17-51-35)19(2)32(23)52-21(4)44)27(43)15-40-36(45)20(3)41-37(46)53-38(5,6)7/h11,20,24-27,30H,12-13,15-17H2,1-10H3,(H,40,45)(H,41,46)/t20-,24?,25?,26-,27-,30?/m0/s1. The van der Waals surface area contributed by atoms with Crippen LogP contribution in [0.1, 0.15) is 80.1 Å². The smallest absolute Gasteiger partial charge is 0.408 e. The van der Waals surface area contributed by atoms with Gasteiger partial charge in [-0.1, -0.05) is 6.07 Å². The molecule has 2 N–H and O–H groups in total. The zero-order valence-electron chi connectivity index (χ0n) is 32.0. The second-order valence-corrected chi connectivity index (χ2v) is 15.0. The minimum atomic E-state index is -0.940. The molecule has 0 spiro atoms. The Labute approximate surface area is 309 Å². The molecule has 1 fully saturated rings. The molecule has 15 heteroatoms. The molecule has 15 nitrogen and oxygen atoms in total. The molecule has 4 aliphatic heterocycles. The molecule has 2 amide bonds. The lowest BCUT2D eigenvalue weighted by molar-refractivity contribution is -0.132. The van der Waals surface area contributed by atoms with E-state index in [1.54, 1.807) is 41.9 Å². The van der Waals surface area contributed by atoms with Gasteiger partial charge in [0.05, 0.1) is 25.3 Å². The fourth-order valence-electron chi connectivity index (χ4n) is 8.45. The largest absolute Gasteiger partial charge is 0.493 e. The zero-order chi connectivity index (χ0) is 38.5. The molecule has 3 unspecified atom stereocenters. The number of amides is 2. The van der Waals surface area contributed by atoms with Crippen LogP contribution in [-0.4, -0.2) is 98.9 Å². The van der Waals surface area contributed by atoms with Gasteiger partial charge in [-0.3, -0.25) is 19.4 Å². The third-order valence-electron chi connectivity index (χ3n) is 10.4. The molecule has 53 heavy (non-hydrogen) atoms. The molecule has 1 saturated heterocycles.